The standard InChI is InChI=1S/C12H20BrClN2S/c1-12(2,8-16(3)4)7-15-6-9-5-10(13)11(14)17-9/h5,15H,6-8H2,1-4H3. The van der Waals surface area contributed by atoms with E-state index in [2.05, 4.69) is 60.2 Å². The molecule has 0 amide bonds. The van der Waals surface area contributed by atoms with Crippen LogP contribution in [0.5, 0.6) is 0 Å². The van der Waals surface area contributed by atoms with Gasteiger partial charge in [0.1, 0.15) is 4.34 Å². The molecule has 1 heterocycles. The van der Waals surface area contributed by atoms with Gasteiger partial charge >= 0.3 is 0 Å². The summed E-state index contributed by atoms with van der Waals surface area (Å²) in [6, 6.07) is 2.08. The Kier molecular flexibility index (Phi) is 5.93. The summed E-state index contributed by atoms with van der Waals surface area (Å²) >= 11 is 11.1. The van der Waals surface area contributed by atoms with E-state index in [1.807, 2.05) is 0 Å². The lowest BCUT2D eigenvalue weighted by atomic mass is 9.93. The van der Waals surface area contributed by atoms with Crippen LogP contribution in [-0.2, 0) is 6.54 Å². The van der Waals surface area contributed by atoms with Gasteiger partial charge in [-0.15, -0.1) is 11.3 Å². The van der Waals surface area contributed by atoms with Gasteiger partial charge in [-0.1, -0.05) is 25.4 Å². The molecule has 0 bridgehead atoms. The van der Waals surface area contributed by atoms with Gasteiger partial charge < -0.3 is 10.2 Å². The van der Waals surface area contributed by atoms with Crippen LogP contribution < -0.4 is 5.32 Å². The predicted octanol–water partition coefficient (Wildman–Crippen LogP) is 3.84. The molecule has 0 aromatic carbocycles. The van der Waals surface area contributed by atoms with Crippen molar-refractivity contribution in [2.75, 3.05) is 27.2 Å². The van der Waals surface area contributed by atoms with E-state index in [9.17, 15) is 0 Å². The lowest BCUT2D eigenvalue weighted by Gasteiger charge is -2.28. The van der Waals surface area contributed by atoms with E-state index in [0.717, 1.165) is 28.4 Å². The molecule has 0 aliphatic heterocycles. The zero-order valence-corrected chi connectivity index (χ0v) is 14.0. The Morgan fingerprint density at radius 2 is 2.12 bits per heavy atom. The van der Waals surface area contributed by atoms with Crippen molar-refractivity contribution in [1.82, 2.24) is 10.2 Å². The van der Waals surface area contributed by atoms with Crippen molar-refractivity contribution in [1.29, 1.82) is 0 Å². The molecule has 0 aliphatic rings. The number of nitrogens with one attached hydrogen (secondary N) is 1. The number of halogens is 2. The van der Waals surface area contributed by atoms with E-state index >= 15 is 0 Å². The summed E-state index contributed by atoms with van der Waals surface area (Å²) in [5, 5.41) is 3.49. The third kappa shape index (κ3) is 5.71. The molecule has 0 saturated carbocycles. The molecule has 1 aromatic heterocycles. The largest absolute Gasteiger partial charge is 0.311 e. The molecular formula is C12H20BrClN2S. The lowest BCUT2D eigenvalue weighted by molar-refractivity contribution is 0.232. The highest BCUT2D eigenvalue weighted by molar-refractivity contribution is 9.10. The zero-order valence-electron chi connectivity index (χ0n) is 10.8. The first-order chi connectivity index (χ1) is 7.80. The van der Waals surface area contributed by atoms with E-state index in [1.165, 1.54) is 4.88 Å². The van der Waals surface area contributed by atoms with Gasteiger partial charge in [0.05, 0.1) is 0 Å². The Bertz CT molecular complexity index is 344. The first-order valence-electron chi connectivity index (χ1n) is 5.59. The highest BCUT2D eigenvalue weighted by Gasteiger charge is 2.18. The van der Waals surface area contributed by atoms with Gasteiger partial charge in [0.2, 0.25) is 0 Å². The summed E-state index contributed by atoms with van der Waals surface area (Å²) in [6.07, 6.45) is 0. The molecule has 1 aromatic rings. The van der Waals surface area contributed by atoms with E-state index in [0.29, 0.717) is 0 Å². The maximum atomic E-state index is 6.00. The number of hydrogen-bond acceptors (Lipinski definition) is 3. The van der Waals surface area contributed by atoms with Gasteiger partial charge in [-0.25, -0.2) is 0 Å². The molecule has 0 atom stereocenters. The molecule has 0 aliphatic carbocycles. The van der Waals surface area contributed by atoms with Gasteiger partial charge in [0.15, 0.2) is 0 Å². The molecule has 0 saturated heterocycles. The Labute approximate surface area is 121 Å². The van der Waals surface area contributed by atoms with Crippen LogP contribution in [-0.4, -0.2) is 32.1 Å². The van der Waals surface area contributed by atoms with E-state index in [4.69, 9.17) is 11.6 Å². The Morgan fingerprint density at radius 1 is 1.47 bits per heavy atom. The van der Waals surface area contributed by atoms with Crippen molar-refractivity contribution in [3.8, 4) is 0 Å². The average Bonchev–Trinajstić information content (AvgIpc) is 2.43. The summed E-state index contributed by atoms with van der Waals surface area (Å²) in [7, 11) is 4.22. The second-order valence-electron chi connectivity index (χ2n) is 5.34. The normalized spacial score (nSPS) is 12.4. The summed E-state index contributed by atoms with van der Waals surface area (Å²) in [4.78, 5) is 3.49. The van der Waals surface area contributed by atoms with Crippen molar-refractivity contribution in [2.45, 2.75) is 20.4 Å². The highest BCUT2D eigenvalue weighted by atomic mass is 79.9. The average molecular weight is 340 g/mol. The van der Waals surface area contributed by atoms with Crippen molar-refractivity contribution in [2.24, 2.45) is 5.41 Å². The monoisotopic (exact) mass is 338 g/mol. The van der Waals surface area contributed by atoms with Crippen molar-refractivity contribution >= 4 is 38.9 Å². The maximum absolute atomic E-state index is 6.00. The molecule has 1 N–H and O–H groups in total. The Morgan fingerprint density at radius 3 is 2.59 bits per heavy atom. The SMILES string of the molecule is CN(C)CC(C)(C)CNCc1cc(Br)c(Cl)s1. The van der Waals surface area contributed by atoms with Crippen LogP contribution in [0.4, 0.5) is 0 Å². The molecule has 0 unspecified atom stereocenters. The fourth-order valence-electron chi connectivity index (χ4n) is 1.91. The molecule has 5 heteroatoms. The van der Waals surface area contributed by atoms with Gasteiger partial charge in [-0.3, -0.25) is 0 Å². The Hall–Kier alpha value is 0.390. The molecule has 17 heavy (non-hydrogen) atoms. The van der Waals surface area contributed by atoms with Gasteiger partial charge in [-0.2, -0.15) is 0 Å². The van der Waals surface area contributed by atoms with Crippen LogP contribution >= 0.6 is 38.9 Å². The van der Waals surface area contributed by atoms with Crippen LogP contribution in [0.25, 0.3) is 0 Å². The maximum Gasteiger partial charge on any atom is 0.107 e. The van der Waals surface area contributed by atoms with Gasteiger partial charge in [0, 0.05) is 29.0 Å². The van der Waals surface area contributed by atoms with Crippen LogP contribution in [0.2, 0.25) is 4.34 Å². The van der Waals surface area contributed by atoms with Crippen molar-refractivity contribution in [3.63, 3.8) is 0 Å². The summed E-state index contributed by atoms with van der Waals surface area (Å²) in [6.45, 7) is 7.51. The second-order valence-corrected chi connectivity index (χ2v) is 7.93. The molecule has 0 radical (unpaired) electrons. The third-order valence-electron chi connectivity index (χ3n) is 2.34. The fourth-order valence-corrected chi connectivity index (χ4v) is 3.67. The first-order valence-corrected chi connectivity index (χ1v) is 7.58. The third-order valence-corrected chi connectivity index (χ3v) is 4.82. The van der Waals surface area contributed by atoms with E-state index in [-0.39, 0.29) is 5.41 Å². The second kappa shape index (κ2) is 6.53. The molecule has 2 nitrogen and oxygen atoms in total. The van der Waals surface area contributed by atoms with Gasteiger partial charge in [0.25, 0.3) is 0 Å². The minimum absolute atomic E-state index is 0.280. The fraction of sp³-hybridized carbons (Fsp3) is 0.667. The summed E-state index contributed by atoms with van der Waals surface area (Å²) < 4.78 is 1.82. The summed E-state index contributed by atoms with van der Waals surface area (Å²) in [5.74, 6) is 0. The minimum Gasteiger partial charge on any atom is -0.311 e. The van der Waals surface area contributed by atoms with Crippen molar-refractivity contribution < 1.29 is 0 Å². The molecule has 0 spiro atoms. The number of thiophene rings is 1. The van der Waals surface area contributed by atoms with E-state index in [1.54, 1.807) is 11.3 Å². The minimum atomic E-state index is 0.280. The van der Waals surface area contributed by atoms with Gasteiger partial charge in [-0.05, 0) is 41.5 Å². The topological polar surface area (TPSA) is 15.3 Å². The zero-order chi connectivity index (χ0) is 13.1. The smallest absolute Gasteiger partial charge is 0.107 e. The van der Waals surface area contributed by atoms with Crippen LogP contribution in [0.15, 0.2) is 10.5 Å². The van der Waals surface area contributed by atoms with Crippen LogP contribution in [0, 0.1) is 5.41 Å². The van der Waals surface area contributed by atoms with E-state index < -0.39 is 0 Å². The molecule has 0 fully saturated rings. The number of rotatable bonds is 6. The first kappa shape index (κ1) is 15.4. The predicted molar refractivity (Wildman–Crippen MR) is 81.1 cm³/mol. The highest BCUT2D eigenvalue weighted by Crippen LogP contribution is 2.31. The lowest BCUT2D eigenvalue weighted by Crippen LogP contribution is -2.37. The molecule has 98 valence electrons. The number of hydrogen-bond donors (Lipinski definition) is 1. The van der Waals surface area contributed by atoms with Crippen molar-refractivity contribution in [3.05, 3.63) is 19.8 Å². The van der Waals surface area contributed by atoms with Crippen LogP contribution in [0.1, 0.15) is 18.7 Å². The molecular weight excluding hydrogens is 320 g/mol. The Balaban J connectivity index is 2.37. The quantitative estimate of drug-likeness (QED) is 0.847. The van der Waals surface area contributed by atoms with Crippen LogP contribution in [0.3, 0.4) is 0 Å². The number of nitrogens with zero attached hydrogens (tertiary/aromatic N) is 1. The molecule has 1 rings (SSSR count). The summed E-state index contributed by atoms with van der Waals surface area (Å²) in [5.41, 5.74) is 0.280.